The lowest BCUT2D eigenvalue weighted by molar-refractivity contribution is -0.663. The Hall–Kier alpha value is -2.09. The maximum atomic E-state index is 12.6. The number of carbonyl (C=O) groups excluding carboxylic acids is 1. The molecule has 0 aliphatic carbocycles. The molecule has 0 unspecified atom stereocenters. The van der Waals surface area contributed by atoms with Crippen molar-refractivity contribution >= 4 is 45.8 Å². The second kappa shape index (κ2) is 9.61. The van der Waals surface area contributed by atoms with Crippen molar-refractivity contribution in [1.82, 2.24) is 4.57 Å². The molecule has 1 N–H and O–H groups in total. The summed E-state index contributed by atoms with van der Waals surface area (Å²) < 4.78 is 4.10. The molecule has 148 valence electrons. The number of benzene rings is 3. The number of halogens is 3. The Labute approximate surface area is 196 Å². The van der Waals surface area contributed by atoms with Gasteiger partial charge in [-0.25, -0.2) is 9.13 Å². The van der Waals surface area contributed by atoms with E-state index in [1.807, 2.05) is 47.3 Å². The van der Waals surface area contributed by atoms with E-state index in [1.54, 1.807) is 18.2 Å². The lowest BCUT2D eigenvalue weighted by Crippen LogP contribution is -3.00. The number of carbonyl (C=O) groups is 1. The van der Waals surface area contributed by atoms with Crippen molar-refractivity contribution in [3.05, 3.63) is 94.7 Å². The number of hydrogen-bond donors (Lipinski definition) is 1. The number of imidazole rings is 1. The molecule has 1 aromatic heterocycles. The van der Waals surface area contributed by atoms with Crippen LogP contribution in [-0.2, 0) is 17.9 Å². The highest BCUT2D eigenvalue weighted by molar-refractivity contribution is 6.42. The van der Waals surface area contributed by atoms with E-state index in [2.05, 4.69) is 28.1 Å². The summed E-state index contributed by atoms with van der Waals surface area (Å²) in [5.41, 5.74) is 3.90. The second-order valence-electron chi connectivity index (χ2n) is 6.52. The molecule has 0 aliphatic heterocycles. The molecule has 4 rings (SSSR count). The first-order valence-electron chi connectivity index (χ1n) is 8.86. The van der Waals surface area contributed by atoms with Crippen LogP contribution >= 0.6 is 23.2 Å². The van der Waals surface area contributed by atoms with Crippen molar-refractivity contribution in [2.24, 2.45) is 0 Å². The molecule has 4 nitrogen and oxygen atoms in total. The molecular formula is C22H18Cl2IN3O. The quantitative estimate of drug-likeness (QED) is 0.306. The number of fused-ring (bicyclic) bond motifs is 1. The van der Waals surface area contributed by atoms with Gasteiger partial charge in [-0.3, -0.25) is 4.79 Å². The van der Waals surface area contributed by atoms with Crippen molar-refractivity contribution in [1.29, 1.82) is 0 Å². The Morgan fingerprint density at radius 3 is 2.41 bits per heavy atom. The Morgan fingerprint density at radius 2 is 1.66 bits per heavy atom. The predicted molar refractivity (Wildman–Crippen MR) is 113 cm³/mol. The molecule has 4 aromatic rings. The number of nitrogens with zero attached hydrogens (tertiary/aromatic N) is 2. The molecule has 0 atom stereocenters. The van der Waals surface area contributed by atoms with Crippen LogP contribution in [0.25, 0.3) is 11.0 Å². The van der Waals surface area contributed by atoms with Gasteiger partial charge in [-0.15, -0.1) is 0 Å². The third kappa shape index (κ3) is 5.10. The summed E-state index contributed by atoms with van der Waals surface area (Å²) in [6.45, 7) is 0.936. The molecule has 3 aromatic carbocycles. The standard InChI is InChI=1S/C22H17Cl2N3O.HI/c23-18-11-10-17(12-19(18)24)25-22(28)14-27-15-26(13-16-6-2-1-3-7-16)20-8-4-5-9-21(20)27;/h1-12,15H,13-14H2;1H. The van der Waals surface area contributed by atoms with Crippen molar-refractivity contribution in [2.75, 3.05) is 5.32 Å². The molecule has 7 heteroatoms. The molecule has 0 spiro atoms. The van der Waals surface area contributed by atoms with Gasteiger partial charge in [-0.05, 0) is 35.9 Å². The van der Waals surface area contributed by atoms with Crippen molar-refractivity contribution in [2.45, 2.75) is 13.1 Å². The number of hydrogen-bond acceptors (Lipinski definition) is 1. The Kier molecular flexibility index (Phi) is 7.16. The minimum absolute atomic E-state index is 0. The second-order valence-corrected chi connectivity index (χ2v) is 7.34. The third-order valence-corrected chi connectivity index (χ3v) is 5.23. The van der Waals surface area contributed by atoms with E-state index in [0.29, 0.717) is 15.7 Å². The lowest BCUT2D eigenvalue weighted by atomic mass is 10.2. The maximum absolute atomic E-state index is 12.6. The Morgan fingerprint density at radius 1 is 0.931 bits per heavy atom. The first kappa shape index (κ1) is 21.6. The van der Waals surface area contributed by atoms with Crippen LogP contribution in [0.15, 0.2) is 79.1 Å². The minimum Gasteiger partial charge on any atom is -1.00 e. The smallest absolute Gasteiger partial charge is 0.266 e. The van der Waals surface area contributed by atoms with Gasteiger partial charge in [0.15, 0.2) is 17.6 Å². The minimum atomic E-state index is -0.133. The topological polar surface area (TPSA) is 37.9 Å². The zero-order valence-electron chi connectivity index (χ0n) is 15.4. The number of amides is 1. The van der Waals surface area contributed by atoms with Gasteiger partial charge in [0.1, 0.15) is 6.54 Å². The Bertz CT molecular complexity index is 1150. The van der Waals surface area contributed by atoms with Gasteiger partial charge in [-0.2, -0.15) is 0 Å². The van der Waals surface area contributed by atoms with Gasteiger partial charge < -0.3 is 29.3 Å². The number of rotatable bonds is 5. The lowest BCUT2D eigenvalue weighted by Gasteiger charge is -2.05. The summed E-state index contributed by atoms with van der Waals surface area (Å²) in [4.78, 5) is 12.6. The van der Waals surface area contributed by atoms with Crippen LogP contribution < -0.4 is 33.9 Å². The fourth-order valence-corrected chi connectivity index (χ4v) is 3.50. The zero-order valence-corrected chi connectivity index (χ0v) is 19.0. The van der Waals surface area contributed by atoms with Gasteiger partial charge in [0.25, 0.3) is 5.91 Å². The zero-order chi connectivity index (χ0) is 19.5. The van der Waals surface area contributed by atoms with Crippen molar-refractivity contribution < 1.29 is 33.3 Å². The van der Waals surface area contributed by atoms with Gasteiger partial charge in [0.05, 0.1) is 10.0 Å². The average Bonchev–Trinajstić information content (AvgIpc) is 3.03. The van der Waals surface area contributed by atoms with Crippen LogP contribution in [-0.4, -0.2) is 10.5 Å². The van der Waals surface area contributed by atoms with E-state index < -0.39 is 0 Å². The molecule has 29 heavy (non-hydrogen) atoms. The Balaban J connectivity index is 0.00000240. The maximum Gasteiger partial charge on any atom is 0.266 e. The van der Waals surface area contributed by atoms with Crippen LogP contribution in [0.1, 0.15) is 5.56 Å². The third-order valence-electron chi connectivity index (χ3n) is 4.49. The SMILES string of the molecule is O=C(Cn1c[n+](Cc2ccccc2)c2ccccc21)Nc1ccc(Cl)c(Cl)c1.[I-]. The first-order chi connectivity index (χ1) is 13.6. The molecule has 1 heterocycles. The highest BCUT2D eigenvalue weighted by Crippen LogP contribution is 2.25. The van der Waals surface area contributed by atoms with Crippen LogP contribution in [0.5, 0.6) is 0 Å². The predicted octanol–water partition coefficient (Wildman–Crippen LogP) is 1.93. The number of aromatic nitrogens is 2. The summed E-state index contributed by atoms with van der Waals surface area (Å²) in [7, 11) is 0. The van der Waals surface area contributed by atoms with E-state index >= 15 is 0 Å². The van der Waals surface area contributed by atoms with E-state index in [-0.39, 0.29) is 36.4 Å². The normalized spacial score (nSPS) is 10.6. The summed E-state index contributed by atoms with van der Waals surface area (Å²) in [6, 6.07) is 23.3. The van der Waals surface area contributed by atoms with Crippen molar-refractivity contribution in [3.8, 4) is 0 Å². The summed E-state index contributed by atoms with van der Waals surface area (Å²) in [6.07, 6.45) is 1.98. The number of nitrogens with one attached hydrogen (secondary N) is 1. The molecule has 0 bridgehead atoms. The number of anilines is 1. The van der Waals surface area contributed by atoms with E-state index in [9.17, 15) is 4.79 Å². The van der Waals surface area contributed by atoms with Gasteiger partial charge in [0, 0.05) is 5.69 Å². The van der Waals surface area contributed by atoms with Crippen LogP contribution in [0.2, 0.25) is 10.0 Å². The monoisotopic (exact) mass is 537 g/mol. The van der Waals surface area contributed by atoms with Crippen LogP contribution in [0.3, 0.4) is 0 Å². The van der Waals surface area contributed by atoms with Gasteiger partial charge in [0.2, 0.25) is 6.33 Å². The largest absolute Gasteiger partial charge is 1.00 e. The van der Waals surface area contributed by atoms with Gasteiger partial charge >= 0.3 is 0 Å². The fraction of sp³-hybridized carbons (Fsp3) is 0.0909. The van der Waals surface area contributed by atoms with E-state index in [0.717, 1.165) is 17.6 Å². The van der Waals surface area contributed by atoms with Crippen LogP contribution in [0.4, 0.5) is 5.69 Å². The van der Waals surface area contributed by atoms with Crippen LogP contribution in [0, 0.1) is 0 Å². The molecule has 1 amide bonds. The molecule has 0 fully saturated rings. The number of para-hydroxylation sites is 2. The highest BCUT2D eigenvalue weighted by atomic mass is 127. The molecule has 0 aliphatic rings. The summed E-state index contributed by atoms with van der Waals surface area (Å²) in [5.74, 6) is -0.133. The highest BCUT2D eigenvalue weighted by Gasteiger charge is 2.18. The first-order valence-corrected chi connectivity index (χ1v) is 9.62. The molecule has 0 saturated heterocycles. The average molecular weight is 538 g/mol. The fourth-order valence-electron chi connectivity index (χ4n) is 3.20. The molecule has 0 saturated carbocycles. The summed E-state index contributed by atoms with van der Waals surface area (Å²) in [5, 5.41) is 3.74. The van der Waals surface area contributed by atoms with Gasteiger partial charge in [-0.1, -0.05) is 65.7 Å². The van der Waals surface area contributed by atoms with E-state index in [1.165, 1.54) is 5.56 Å². The summed E-state index contributed by atoms with van der Waals surface area (Å²) >= 11 is 12.0. The van der Waals surface area contributed by atoms with Crippen molar-refractivity contribution in [3.63, 3.8) is 0 Å². The van der Waals surface area contributed by atoms with E-state index in [4.69, 9.17) is 23.2 Å². The molecule has 0 radical (unpaired) electrons. The molecular weight excluding hydrogens is 520 g/mol.